The Morgan fingerprint density at radius 3 is 2.27 bits per heavy atom. The first kappa shape index (κ1) is 39.4. The number of aromatic nitrogens is 1. The maximum atomic E-state index is 13.8. The number of rotatable bonds is 17. The highest BCUT2D eigenvalue weighted by Crippen LogP contribution is 2.28. The van der Waals surface area contributed by atoms with E-state index in [0.717, 1.165) is 21.7 Å². The van der Waals surface area contributed by atoms with Crippen LogP contribution in [0.5, 0.6) is 5.75 Å². The minimum absolute atomic E-state index is 0.00189. The summed E-state index contributed by atoms with van der Waals surface area (Å²) in [7, 11) is 1.32. The Balaban J connectivity index is 1.17. The SMILES string of the molecule is COC(=O)c1ccc(OCCOCCOCCC(=O)NC(C(=O)N2CC(O)CC2C(=O)NCc2ccc(-c3scnc3C)cc2)C(C)(C)C)cc1. The minimum Gasteiger partial charge on any atom is -0.491 e. The maximum Gasteiger partial charge on any atom is 0.337 e. The van der Waals surface area contributed by atoms with Crippen molar-refractivity contribution in [2.45, 2.75) is 65.3 Å². The summed E-state index contributed by atoms with van der Waals surface area (Å²) < 4.78 is 21.3. The van der Waals surface area contributed by atoms with Gasteiger partial charge in [0.1, 0.15) is 24.4 Å². The van der Waals surface area contributed by atoms with Crippen molar-refractivity contribution in [1.82, 2.24) is 20.5 Å². The van der Waals surface area contributed by atoms with E-state index in [9.17, 15) is 24.3 Å². The molecule has 51 heavy (non-hydrogen) atoms. The molecule has 0 saturated carbocycles. The molecule has 3 amide bonds. The zero-order chi connectivity index (χ0) is 37.0. The van der Waals surface area contributed by atoms with Gasteiger partial charge in [-0.3, -0.25) is 14.4 Å². The van der Waals surface area contributed by atoms with Crippen LogP contribution < -0.4 is 15.4 Å². The Bertz CT molecular complexity index is 1610. The second-order valence-electron chi connectivity index (χ2n) is 13.3. The highest BCUT2D eigenvalue weighted by molar-refractivity contribution is 7.13. The van der Waals surface area contributed by atoms with Gasteiger partial charge in [0, 0.05) is 25.9 Å². The van der Waals surface area contributed by atoms with Crippen molar-refractivity contribution in [3.05, 3.63) is 70.9 Å². The first-order valence-electron chi connectivity index (χ1n) is 16.9. The zero-order valence-corrected chi connectivity index (χ0v) is 30.6. The van der Waals surface area contributed by atoms with Crippen molar-refractivity contribution >= 4 is 35.0 Å². The summed E-state index contributed by atoms with van der Waals surface area (Å²) in [5.41, 5.74) is 4.49. The molecule has 13 nitrogen and oxygen atoms in total. The van der Waals surface area contributed by atoms with E-state index in [4.69, 9.17) is 14.2 Å². The number of carbonyl (C=O) groups excluding carboxylic acids is 4. The van der Waals surface area contributed by atoms with Crippen LogP contribution in [0, 0.1) is 12.3 Å². The molecule has 3 atom stereocenters. The van der Waals surface area contributed by atoms with Crippen LogP contribution in [0.4, 0.5) is 0 Å². The van der Waals surface area contributed by atoms with Crippen LogP contribution in [-0.2, 0) is 35.1 Å². The first-order chi connectivity index (χ1) is 24.4. The number of benzene rings is 2. The average molecular weight is 725 g/mol. The Morgan fingerprint density at radius 2 is 1.65 bits per heavy atom. The van der Waals surface area contributed by atoms with E-state index < -0.39 is 35.5 Å². The third kappa shape index (κ3) is 11.6. The molecule has 2 heterocycles. The lowest BCUT2D eigenvalue weighted by molar-refractivity contribution is -0.144. The third-order valence-corrected chi connectivity index (χ3v) is 9.31. The van der Waals surface area contributed by atoms with Gasteiger partial charge in [0.25, 0.3) is 0 Å². The van der Waals surface area contributed by atoms with E-state index in [1.807, 2.05) is 57.5 Å². The number of hydrogen-bond donors (Lipinski definition) is 3. The van der Waals surface area contributed by atoms with E-state index >= 15 is 0 Å². The Kier molecular flexibility index (Phi) is 14.5. The molecule has 1 aliphatic heterocycles. The molecular formula is C37H48N4O9S. The Hall–Kier alpha value is -4.37. The molecule has 1 aliphatic rings. The number of nitrogens with one attached hydrogen (secondary N) is 2. The monoisotopic (exact) mass is 724 g/mol. The number of aliphatic hydroxyl groups is 1. The van der Waals surface area contributed by atoms with E-state index in [2.05, 4.69) is 20.4 Å². The summed E-state index contributed by atoms with van der Waals surface area (Å²) in [6.45, 7) is 9.06. The van der Waals surface area contributed by atoms with Gasteiger partial charge in [-0.15, -0.1) is 11.3 Å². The van der Waals surface area contributed by atoms with Gasteiger partial charge in [0.15, 0.2) is 0 Å². The van der Waals surface area contributed by atoms with Gasteiger partial charge < -0.3 is 39.6 Å². The molecule has 3 unspecified atom stereocenters. The lowest BCUT2D eigenvalue weighted by Gasteiger charge is -2.35. The number of thiazole rings is 1. The van der Waals surface area contributed by atoms with Crippen LogP contribution in [0.15, 0.2) is 54.0 Å². The molecule has 0 radical (unpaired) electrons. The number of amides is 3. The molecule has 0 bridgehead atoms. The fourth-order valence-corrected chi connectivity index (χ4v) is 6.34. The second kappa shape index (κ2) is 18.7. The van der Waals surface area contributed by atoms with Crippen LogP contribution in [0.25, 0.3) is 10.4 Å². The number of nitrogens with zero attached hydrogens (tertiary/aromatic N) is 2. The molecule has 14 heteroatoms. The predicted molar refractivity (Wildman–Crippen MR) is 191 cm³/mol. The number of carbonyl (C=O) groups is 4. The number of esters is 1. The molecule has 0 spiro atoms. The maximum absolute atomic E-state index is 13.8. The zero-order valence-electron chi connectivity index (χ0n) is 29.8. The predicted octanol–water partition coefficient (Wildman–Crippen LogP) is 3.52. The largest absolute Gasteiger partial charge is 0.491 e. The summed E-state index contributed by atoms with van der Waals surface area (Å²) in [5, 5.41) is 16.2. The molecule has 0 aliphatic carbocycles. The summed E-state index contributed by atoms with van der Waals surface area (Å²) >= 11 is 1.57. The Morgan fingerprint density at radius 1 is 0.980 bits per heavy atom. The fraction of sp³-hybridized carbons (Fsp3) is 0.486. The van der Waals surface area contributed by atoms with Gasteiger partial charge in [-0.2, -0.15) is 0 Å². The van der Waals surface area contributed by atoms with Crippen molar-refractivity contribution in [3.63, 3.8) is 0 Å². The molecule has 3 aromatic rings. The first-order valence-corrected chi connectivity index (χ1v) is 17.8. The molecule has 1 aromatic heterocycles. The average Bonchev–Trinajstić information content (AvgIpc) is 3.73. The number of β-amino-alcohol motifs (C(OH)–C–C–N with tert-alkyl or cyclic N) is 1. The molecule has 2 aromatic carbocycles. The molecule has 4 rings (SSSR count). The van der Waals surface area contributed by atoms with Gasteiger partial charge >= 0.3 is 5.97 Å². The second-order valence-corrected chi connectivity index (χ2v) is 14.1. The van der Waals surface area contributed by atoms with Gasteiger partial charge in [-0.05, 0) is 47.7 Å². The van der Waals surface area contributed by atoms with E-state index in [1.165, 1.54) is 12.0 Å². The normalized spacial score (nSPS) is 16.4. The summed E-state index contributed by atoms with van der Waals surface area (Å²) in [4.78, 5) is 58.3. The van der Waals surface area contributed by atoms with Gasteiger partial charge in [0.05, 0.1) is 61.3 Å². The highest BCUT2D eigenvalue weighted by Gasteiger charge is 2.44. The lowest BCUT2D eigenvalue weighted by Crippen LogP contribution is -2.57. The fourth-order valence-electron chi connectivity index (χ4n) is 5.52. The summed E-state index contributed by atoms with van der Waals surface area (Å²) in [6.07, 6.45) is -0.721. The number of ether oxygens (including phenoxy) is 4. The number of hydrogen-bond acceptors (Lipinski definition) is 11. The van der Waals surface area contributed by atoms with Gasteiger partial charge in [-0.1, -0.05) is 45.0 Å². The van der Waals surface area contributed by atoms with Crippen LogP contribution in [-0.4, -0.2) is 104 Å². The molecule has 1 fully saturated rings. The van der Waals surface area contributed by atoms with Gasteiger partial charge in [0.2, 0.25) is 17.7 Å². The number of aryl methyl sites for hydroxylation is 1. The van der Waals surface area contributed by atoms with Crippen molar-refractivity contribution < 1.29 is 43.2 Å². The molecule has 3 N–H and O–H groups in total. The lowest BCUT2D eigenvalue weighted by atomic mass is 9.85. The standard InChI is InChI=1S/C37H48N4O9S/c1-24-32(51-23-39-24)26-8-6-25(7-9-26)21-38-34(44)30-20-28(42)22-41(30)35(45)33(37(2,3)4)40-31(43)14-15-48-16-17-49-18-19-50-29-12-10-27(11-13-29)36(46)47-5/h6-13,23,28,30,33,42H,14-22H2,1-5H3,(H,38,44)(H,40,43). The van der Waals surface area contributed by atoms with E-state index in [-0.39, 0.29) is 51.0 Å². The summed E-state index contributed by atoms with van der Waals surface area (Å²) in [5.74, 6) is -0.973. The number of likely N-dealkylation sites (tertiary alicyclic amines) is 1. The van der Waals surface area contributed by atoms with Crippen LogP contribution in [0.3, 0.4) is 0 Å². The quantitative estimate of drug-likeness (QED) is 0.139. The van der Waals surface area contributed by atoms with Crippen molar-refractivity contribution in [1.29, 1.82) is 0 Å². The van der Waals surface area contributed by atoms with E-state index in [1.54, 1.807) is 35.6 Å². The van der Waals surface area contributed by atoms with Crippen molar-refractivity contribution in [2.75, 3.05) is 46.7 Å². The smallest absolute Gasteiger partial charge is 0.337 e. The number of methoxy groups -OCH3 is 1. The number of aliphatic hydroxyl groups excluding tert-OH is 1. The van der Waals surface area contributed by atoms with Crippen LogP contribution in [0.1, 0.15) is 55.2 Å². The molecule has 1 saturated heterocycles. The van der Waals surface area contributed by atoms with Crippen LogP contribution >= 0.6 is 11.3 Å². The highest BCUT2D eigenvalue weighted by atomic mass is 32.1. The Labute approximate surface area is 302 Å². The van der Waals surface area contributed by atoms with E-state index in [0.29, 0.717) is 31.1 Å². The molecule has 276 valence electrons. The molecular weight excluding hydrogens is 676 g/mol. The third-order valence-electron chi connectivity index (χ3n) is 8.33. The van der Waals surface area contributed by atoms with Crippen molar-refractivity contribution in [3.8, 4) is 16.2 Å². The topological polar surface area (TPSA) is 166 Å². The van der Waals surface area contributed by atoms with Crippen molar-refractivity contribution in [2.24, 2.45) is 5.41 Å². The minimum atomic E-state index is -0.923. The summed E-state index contributed by atoms with van der Waals surface area (Å²) in [6, 6.07) is 12.7. The van der Waals surface area contributed by atoms with Gasteiger partial charge in [-0.25, -0.2) is 9.78 Å². The van der Waals surface area contributed by atoms with Crippen LogP contribution in [0.2, 0.25) is 0 Å².